The maximum absolute atomic E-state index is 6.10. The number of nitrogens with two attached hydrogens (primary N) is 1. The second-order valence-corrected chi connectivity index (χ2v) is 6.81. The van der Waals surface area contributed by atoms with Gasteiger partial charge in [0.2, 0.25) is 0 Å². The van der Waals surface area contributed by atoms with Gasteiger partial charge in [-0.3, -0.25) is 4.90 Å². The first-order valence-electron chi connectivity index (χ1n) is 7.50. The quantitative estimate of drug-likeness (QED) is 0.880. The summed E-state index contributed by atoms with van der Waals surface area (Å²) in [7, 11) is 6.04. The van der Waals surface area contributed by atoms with E-state index >= 15 is 0 Å². The molecule has 0 amide bonds. The van der Waals surface area contributed by atoms with E-state index in [9.17, 15) is 0 Å². The Morgan fingerprint density at radius 2 is 2.24 bits per heavy atom. The fraction of sp³-hybridized carbons (Fsp3) is 0.625. The number of piperidine rings is 1. The summed E-state index contributed by atoms with van der Waals surface area (Å²) >= 11 is 3.56. The molecule has 2 unspecified atom stereocenters. The highest BCUT2D eigenvalue weighted by atomic mass is 79.9. The van der Waals surface area contributed by atoms with Crippen molar-refractivity contribution in [3.63, 3.8) is 0 Å². The first kappa shape index (κ1) is 16.7. The zero-order valence-electron chi connectivity index (χ0n) is 13.2. The maximum Gasteiger partial charge on any atom is 0.123 e. The van der Waals surface area contributed by atoms with Gasteiger partial charge in [0.15, 0.2) is 0 Å². The topological polar surface area (TPSA) is 41.7 Å². The van der Waals surface area contributed by atoms with Crippen LogP contribution in [0.5, 0.6) is 5.75 Å². The summed E-state index contributed by atoms with van der Waals surface area (Å²) in [4.78, 5) is 4.82. The number of hydrogen-bond acceptors (Lipinski definition) is 4. The van der Waals surface area contributed by atoms with Crippen LogP contribution in [-0.2, 0) is 0 Å². The Morgan fingerprint density at radius 1 is 1.48 bits per heavy atom. The van der Waals surface area contributed by atoms with Crippen molar-refractivity contribution >= 4 is 15.9 Å². The minimum atomic E-state index is 0.209. The van der Waals surface area contributed by atoms with E-state index in [4.69, 9.17) is 10.5 Å². The molecule has 1 aromatic rings. The number of likely N-dealkylation sites (tertiary alicyclic amines) is 1. The van der Waals surface area contributed by atoms with E-state index < -0.39 is 0 Å². The van der Waals surface area contributed by atoms with Crippen molar-refractivity contribution in [2.24, 2.45) is 5.73 Å². The van der Waals surface area contributed by atoms with E-state index in [1.165, 1.54) is 18.4 Å². The van der Waals surface area contributed by atoms with Gasteiger partial charge >= 0.3 is 0 Å². The number of ether oxygens (including phenoxy) is 1. The normalized spacial score (nSPS) is 21.5. The second-order valence-electron chi connectivity index (χ2n) is 5.89. The number of rotatable bonds is 5. The fourth-order valence-corrected chi connectivity index (χ4v) is 3.50. The van der Waals surface area contributed by atoms with E-state index in [1.54, 1.807) is 7.11 Å². The van der Waals surface area contributed by atoms with Crippen LogP contribution in [0.2, 0.25) is 0 Å². The summed E-state index contributed by atoms with van der Waals surface area (Å²) in [6, 6.07) is 6.96. The molecule has 1 aromatic carbocycles. The lowest BCUT2D eigenvalue weighted by atomic mass is 9.98. The second kappa shape index (κ2) is 7.58. The molecule has 4 nitrogen and oxygen atoms in total. The summed E-state index contributed by atoms with van der Waals surface area (Å²) < 4.78 is 6.60. The fourth-order valence-electron chi connectivity index (χ4n) is 3.13. The third kappa shape index (κ3) is 3.97. The zero-order chi connectivity index (χ0) is 15.4. The Hall–Kier alpha value is -0.620. The highest BCUT2D eigenvalue weighted by Gasteiger charge is 2.28. The molecule has 1 aliphatic heterocycles. The van der Waals surface area contributed by atoms with E-state index in [2.05, 4.69) is 45.9 Å². The predicted octanol–water partition coefficient (Wildman–Crippen LogP) is 2.48. The van der Waals surface area contributed by atoms with E-state index in [1.807, 2.05) is 12.1 Å². The average molecular weight is 356 g/mol. The van der Waals surface area contributed by atoms with Gasteiger partial charge < -0.3 is 15.4 Å². The molecular formula is C16H26BrN3O. The highest BCUT2D eigenvalue weighted by Crippen LogP contribution is 2.33. The van der Waals surface area contributed by atoms with E-state index in [0.717, 1.165) is 23.3 Å². The van der Waals surface area contributed by atoms with Gasteiger partial charge in [-0.15, -0.1) is 0 Å². The smallest absolute Gasteiger partial charge is 0.123 e. The van der Waals surface area contributed by atoms with Crippen LogP contribution in [0.4, 0.5) is 0 Å². The molecule has 1 saturated heterocycles. The third-order valence-electron chi connectivity index (χ3n) is 4.37. The van der Waals surface area contributed by atoms with Crippen LogP contribution in [0, 0.1) is 0 Å². The number of halogens is 1. The van der Waals surface area contributed by atoms with Crippen LogP contribution in [0.25, 0.3) is 0 Å². The van der Waals surface area contributed by atoms with Gasteiger partial charge in [0, 0.05) is 29.2 Å². The molecule has 2 atom stereocenters. The largest absolute Gasteiger partial charge is 0.496 e. The molecule has 2 rings (SSSR count). The van der Waals surface area contributed by atoms with Gasteiger partial charge in [-0.1, -0.05) is 15.9 Å². The van der Waals surface area contributed by atoms with Gasteiger partial charge in [-0.25, -0.2) is 0 Å². The molecule has 1 heterocycles. The molecule has 1 fully saturated rings. The van der Waals surface area contributed by atoms with Crippen molar-refractivity contribution in [1.29, 1.82) is 0 Å². The lowest BCUT2D eigenvalue weighted by Crippen LogP contribution is -2.47. The molecule has 0 aromatic heterocycles. The molecule has 0 saturated carbocycles. The van der Waals surface area contributed by atoms with Crippen LogP contribution in [0.1, 0.15) is 24.4 Å². The molecule has 0 bridgehead atoms. The highest BCUT2D eigenvalue weighted by molar-refractivity contribution is 9.10. The molecule has 21 heavy (non-hydrogen) atoms. The zero-order valence-corrected chi connectivity index (χ0v) is 14.8. The average Bonchev–Trinajstić information content (AvgIpc) is 2.48. The van der Waals surface area contributed by atoms with Crippen molar-refractivity contribution in [3.05, 3.63) is 28.2 Å². The Kier molecular flexibility index (Phi) is 6.05. The van der Waals surface area contributed by atoms with Crippen LogP contribution in [0.15, 0.2) is 22.7 Å². The van der Waals surface area contributed by atoms with Gasteiger partial charge in [0.05, 0.1) is 13.2 Å². The molecule has 118 valence electrons. The standard InChI is InChI=1S/C16H26BrN3O/c1-19(2)13-5-4-8-20(11-13)15(10-18)14-9-12(17)6-7-16(14)21-3/h6-7,9,13,15H,4-5,8,10-11,18H2,1-3H3. The van der Waals surface area contributed by atoms with Crippen LogP contribution >= 0.6 is 15.9 Å². The number of hydrogen-bond donors (Lipinski definition) is 1. The summed E-state index contributed by atoms with van der Waals surface area (Å²) in [6.07, 6.45) is 2.48. The SMILES string of the molecule is COc1ccc(Br)cc1C(CN)N1CCCC(N(C)C)C1. The molecule has 5 heteroatoms. The number of likely N-dealkylation sites (N-methyl/N-ethyl adjacent to an activating group) is 1. The first-order valence-corrected chi connectivity index (χ1v) is 8.30. The van der Waals surface area contributed by atoms with Crippen LogP contribution in [-0.4, -0.2) is 56.7 Å². The third-order valence-corrected chi connectivity index (χ3v) is 4.87. The lowest BCUT2D eigenvalue weighted by Gasteiger charge is -2.40. The molecule has 0 spiro atoms. The Labute approximate surface area is 136 Å². The van der Waals surface area contributed by atoms with E-state index in [0.29, 0.717) is 12.6 Å². The number of benzene rings is 1. The van der Waals surface area contributed by atoms with Crippen LogP contribution in [0.3, 0.4) is 0 Å². The van der Waals surface area contributed by atoms with Gasteiger partial charge in [-0.2, -0.15) is 0 Å². The molecule has 0 aliphatic carbocycles. The maximum atomic E-state index is 6.10. The number of methoxy groups -OCH3 is 1. The van der Waals surface area contributed by atoms with Crippen molar-refractivity contribution in [2.75, 3.05) is 40.8 Å². The summed E-state index contributed by atoms with van der Waals surface area (Å²) in [5.41, 5.74) is 7.28. The lowest BCUT2D eigenvalue weighted by molar-refractivity contribution is 0.0973. The predicted molar refractivity (Wildman–Crippen MR) is 90.8 cm³/mol. The first-order chi connectivity index (χ1) is 10.1. The summed E-state index contributed by atoms with van der Waals surface area (Å²) in [5, 5.41) is 0. The molecule has 1 aliphatic rings. The summed E-state index contributed by atoms with van der Waals surface area (Å²) in [6.45, 7) is 2.76. The minimum Gasteiger partial charge on any atom is -0.496 e. The molecule has 2 N–H and O–H groups in total. The van der Waals surface area contributed by atoms with E-state index in [-0.39, 0.29) is 6.04 Å². The van der Waals surface area contributed by atoms with Crippen molar-refractivity contribution in [1.82, 2.24) is 9.80 Å². The van der Waals surface area contributed by atoms with Crippen LogP contribution < -0.4 is 10.5 Å². The van der Waals surface area contributed by atoms with Gasteiger partial charge in [0.25, 0.3) is 0 Å². The summed E-state index contributed by atoms with van der Waals surface area (Å²) in [5.74, 6) is 0.917. The van der Waals surface area contributed by atoms with Crippen molar-refractivity contribution in [3.8, 4) is 5.75 Å². The van der Waals surface area contributed by atoms with Gasteiger partial charge in [0.1, 0.15) is 5.75 Å². The minimum absolute atomic E-state index is 0.209. The molecule has 0 radical (unpaired) electrons. The van der Waals surface area contributed by atoms with Crippen molar-refractivity contribution in [2.45, 2.75) is 24.9 Å². The Bertz CT molecular complexity index is 467. The Balaban J connectivity index is 2.24. The van der Waals surface area contributed by atoms with Crippen molar-refractivity contribution < 1.29 is 4.74 Å². The number of nitrogens with zero attached hydrogens (tertiary/aromatic N) is 2. The Morgan fingerprint density at radius 3 is 2.86 bits per heavy atom. The monoisotopic (exact) mass is 355 g/mol. The van der Waals surface area contributed by atoms with Gasteiger partial charge in [-0.05, 0) is 51.7 Å². The molecular weight excluding hydrogens is 330 g/mol.